The molecule has 0 saturated carbocycles. The monoisotopic (exact) mass is 360 g/mol. The summed E-state index contributed by atoms with van der Waals surface area (Å²) in [6, 6.07) is 16.5. The zero-order valence-corrected chi connectivity index (χ0v) is 15.3. The van der Waals surface area contributed by atoms with Crippen molar-refractivity contribution in [2.45, 2.75) is 32.4 Å². The van der Waals surface area contributed by atoms with Gasteiger partial charge >= 0.3 is 0 Å². The van der Waals surface area contributed by atoms with E-state index in [1.165, 1.54) is 10.9 Å². The molecule has 1 amide bonds. The van der Waals surface area contributed by atoms with Crippen LogP contribution in [0.1, 0.15) is 19.3 Å². The summed E-state index contributed by atoms with van der Waals surface area (Å²) in [7, 11) is 0. The maximum atomic E-state index is 12.1. The van der Waals surface area contributed by atoms with E-state index in [-0.39, 0.29) is 5.91 Å². The average Bonchev–Trinajstić information content (AvgIpc) is 3.30. The first-order valence-corrected chi connectivity index (χ1v) is 9.52. The van der Waals surface area contributed by atoms with E-state index in [1.54, 1.807) is 0 Å². The number of hydrogen-bond acceptors (Lipinski definition) is 2. The van der Waals surface area contributed by atoms with Crippen molar-refractivity contribution >= 4 is 27.8 Å². The van der Waals surface area contributed by atoms with Gasteiger partial charge in [-0.15, -0.1) is 0 Å². The van der Waals surface area contributed by atoms with E-state index in [9.17, 15) is 4.79 Å². The Balaban J connectivity index is 1.18. The molecule has 138 valence electrons. The Hall–Kier alpha value is -3.08. The molecule has 3 heterocycles. The number of fused-ring (bicyclic) bond motifs is 2. The molecule has 1 aromatic carbocycles. The summed E-state index contributed by atoms with van der Waals surface area (Å²) in [6.07, 6.45) is 8.26. The molecule has 0 unspecified atom stereocenters. The Morgan fingerprint density at radius 1 is 0.889 bits per heavy atom. The van der Waals surface area contributed by atoms with Gasteiger partial charge in [0.1, 0.15) is 5.65 Å². The van der Waals surface area contributed by atoms with Crippen molar-refractivity contribution in [2.24, 2.45) is 0 Å². The Bertz CT molecular complexity index is 1050. The number of rotatable bonds is 8. The summed E-state index contributed by atoms with van der Waals surface area (Å²) >= 11 is 0. The van der Waals surface area contributed by atoms with Crippen molar-refractivity contribution in [1.82, 2.24) is 19.4 Å². The molecule has 0 bridgehead atoms. The first-order valence-electron chi connectivity index (χ1n) is 9.52. The number of nitrogens with one attached hydrogen (secondary N) is 1. The van der Waals surface area contributed by atoms with Crippen LogP contribution in [0.2, 0.25) is 0 Å². The molecule has 0 atom stereocenters. The lowest BCUT2D eigenvalue weighted by Crippen LogP contribution is -2.25. The van der Waals surface area contributed by atoms with Crippen LogP contribution in [0.3, 0.4) is 0 Å². The Morgan fingerprint density at radius 2 is 1.67 bits per heavy atom. The molecule has 3 aromatic heterocycles. The number of carbonyl (C=O) groups excluding carboxylic acids is 1. The predicted molar refractivity (Wildman–Crippen MR) is 109 cm³/mol. The lowest BCUT2D eigenvalue weighted by molar-refractivity contribution is -0.121. The largest absolute Gasteiger partial charge is 0.356 e. The Labute approximate surface area is 158 Å². The van der Waals surface area contributed by atoms with Crippen LogP contribution < -0.4 is 5.32 Å². The number of aromatic nitrogens is 3. The van der Waals surface area contributed by atoms with Crippen LogP contribution in [0.4, 0.5) is 0 Å². The molecule has 4 aromatic rings. The van der Waals surface area contributed by atoms with Crippen molar-refractivity contribution in [3.8, 4) is 0 Å². The summed E-state index contributed by atoms with van der Waals surface area (Å²) in [5.74, 6) is 0.127. The van der Waals surface area contributed by atoms with E-state index >= 15 is 0 Å². The zero-order valence-electron chi connectivity index (χ0n) is 15.3. The normalized spacial score (nSPS) is 11.3. The van der Waals surface area contributed by atoms with Gasteiger partial charge < -0.3 is 14.5 Å². The minimum atomic E-state index is 0.127. The third kappa shape index (κ3) is 4.03. The zero-order chi connectivity index (χ0) is 18.5. The summed E-state index contributed by atoms with van der Waals surface area (Å²) < 4.78 is 4.35. The van der Waals surface area contributed by atoms with E-state index in [0.29, 0.717) is 13.0 Å². The van der Waals surface area contributed by atoms with Crippen LogP contribution in [0.5, 0.6) is 0 Å². The fourth-order valence-corrected chi connectivity index (χ4v) is 3.51. The smallest absolute Gasteiger partial charge is 0.220 e. The van der Waals surface area contributed by atoms with Crippen molar-refractivity contribution in [3.63, 3.8) is 0 Å². The number of carbonyl (C=O) groups is 1. The summed E-state index contributed by atoms with van der Waals surface area (Å²) in [4.78, 5) is 16.5. The van der Waals surface area contributed by atoms with E-state index < -0.39 is 0 Å². The van der Waals surface area contributed by atoms with Crippen LogP contribution >= 0.6 is 0 Å². The minimum Gasteiger partial charge on any atom is -0.356 e. The van der Waals surface area contributed by atoms with Gasteiger partial charge in [-0.05, 0) is 48.6 Å². The molecule has 5 nitrogen and oxygen atoms in total. The molecular formula is C22H24N4O. The second-order valence-electron chi connectivity index (χ2n) is 6.80. The highest BCUT2D eigenvalue weighted by atomic mass is 16.1. The highest BCUT2D eigenvalue weighted by molar-refractivity contribution is 5.80. The van der Waals surface area contributed by atoms with Gasteiger partial charge in [-0.25, -0.2) is 4.98 Å². The molecule has 0 aliphatic heterocycles. The second-order valence-corrected chi connectivity index (χ2v) is 6.80. The first-order chi connectivity index (χ1) is 13.3. The topological polar surface area (TPSA) is 51.9 Å². The van der Waals surface area contributed by atoms with E-state index in [1.807, 2.05) is 18.3 Å². The van der Waals surface area contributed by atoms with Gasteiger partial charge in [-0.1, -0.05) is 18.2 Å². The predicted octanol–water partition coefficient (Wildman–Crippen LogP) is 3.98. The molecule has 0 radical (unpaired) electrons. The van der Waals surface area contributed by atoms with Crippen LogP contribution in [-0.4, -0.2) is 26.6 Å². The molecule has 0 aliphatic rings. The van der Waals surface area contributed by atoms with E-state index in [4.69, 9.17) is 0 Å². The Kier molecular flexibility index (Phi) is 5.19. The molecule has 0 saturated heterocycles. The summed E-state index contributed by atoms with van der Waals surface area (Å²) in [5.41, 5.74) is 2.23. The number of aryl methyl sites for hydroxylation is 2. The average molecular weight is 360 g/mol. The third-order valence-corrected chi connectivity index (χ3v) is 4.90. The van der Waals surface area contributed by atoms with Crippen molar-refractivity contribution < 1.29 is 4.79 Å². The SMILES string of the molecule is O=C(CCCn1ccc2ccccc21)NCCCn1ccc2cccnc21. The molecule has 0 fully saturated rings. The first kappa shape index (κ1) is 17.3. The maximum absolute atomic E-state index is 12.1. The van der Waals surface area contributed by atoms with E-state index in [0.717, 1.165) is 37.0 Å². The summed E-state index contributed by atoms with van der Waals surface area (Å²) in [5, 5.41) is 5.42. The number of amides is 1. The summed E-state index contributed by atoms with van der Waals surface area (Å²) in [6.45, 7) is 2.41. The van der Waals surface area contributed by atoms with Gasteiger partial charge in [0.15, 0.2) is 0 Å². The van der Waals surface area contributed by atoms with Gasteiger partial charge in [0, 0.05) is 55.5 Å². The molecular weight excluding hydrogens is 336 g/mol. The van der Waals surface area contributed by atoms with Crippen LogP contribution in [0.25, 0.3) is 21.9 Å². The van der Waals surface area contributed by atoms with E-state index in [2.05, 4.69) is 68.2 Å². The van der Waals surface area contributed by atoms with Gasteiger partial charge in [-0.3, -0.25) is 4.79 Å². The number of para-hydroxylation sites is 1. The number of hydrogen-bond donors (Lipinski definition) is 1. The fourth-order valence-electron chi connectivity index (χ4n) is 3.51. The van der Waals surface area contributed by atoms with Gasteiger partial charge in [0.05, 0.1) is 0 Å². The molecule has 1 N–H and O–H groups in total. The molecule has 4 rings (SSSR count). The Morgan fingerprint density at radius 3 is 2.63 bits per heavy atom. The minimum absolute atomic E-state index is 0.127. The highest BCUT2D eigenvalue weighted by Gasteiger charge is 2.04. The van der Waals surface area contributed by atoms with Crippen molar-refractivity contribution in [3.05, 3.63) is 67.1 Å². The van der Waals surface area contributed by atoms with Crippen molar-refractivity contribution in [2.75, 3.05) is 6.54 Å². The highest BCUT2D eigenvalue weighted by Crippen LogP contribution is 2.15. The third-order valence-electron chi connectivity index (χ3n) is 4.90. The number of benzene rings is 1. The van der Waals surface area contributed by atoms with Gasteiger partial charge in [0.2, 0.25) is 5.91 Å². The lowest BCUT2D eigenvalue weighted by Gasteiger charge is -2.08. The molecule has 0 aliphatic carbocycles. The van der Waals surface area contributed by atoms with Gasteiger partial charge in [0.25, 0.3) is 0 Å². The van der Waals surface area contributed by atoms with Crippen LogP contribution in [0.15, 0.2) is 67.1 Å². The lowest BCUT2D eigenvalue weighted by atomic mass is 10.2. The number of pyridine rings is 1. The number of nitrogens with zero attached hydrogens (tertiary/aromatic N) is 3. The van der Waals surface area contributed by atoms with Crippen LogP contribution in [-0.2, 0) is 17.9 Å². The standard InChI is InChI=1S/C22H24N4O/c27-21(9-4-14-25-16-10-18-6-1-2-8-20(18)25)23-13-5-15-26-17-11-19-7-3-12-24-22(19)26/h1-3,6-8,10-12,16-17H,4-5,9,13-15H2,(H,23,27). The van der Waals surface area contributed by atoms with Crippen LogP contribution in [0, 0.1) is 0 Å². The fraction of sp³-hybridized carbons (Fsp3) is 0.273. The molecule has 5 heteroatoms. The molecule has 27 heavy (non-hydrogen) atoms. The maximum Gasteiger partial charge on any atom is 0.220 e. The molecule has 0 spiro atoms. The van der Waals surface area contributed by atoms with Gasteiger partial charge in [-0.2, -0.15) is 0 Å². The van der Waals surface area contributed by atoms with Crippen molar-refractivity contribution in [1.29, 1.82) is 0 Å². The quantitative estimate of drug-likeness (QED) is 0.483. The second kappa shape index (κ2) is 8.08.